The average molecular weight is 384 g/mol. The molecule has 2 aromatic rings. The summed E-state index contributed by atoms with van der Waals surface area (Å²) in [4.78, 5) is 29.6. The van der Waals surface area contributed by atoms with Crippen LogP contribution in [-0.2, 0) is 20.8 Å². The molecule has 0 aliphatic rings. The van der Waals surface area contributed by atoms with Gasteiger partial charge in [-0.3, -0.25) is 14.1 Å². The van der Waals surface area contributed by atoms with Gasteiger partial charge in [0.25, 0.3) is 15.9 Å². The number of carbonyl (C=O) groups is 1. The van der Waals surface area contributed by atoms with Crippen LogP contribution in [0.25, 0.3) is 0 Å². The smallest absolute Gasteiger partial charge is 0.329 e. The molecule has 0 atom stereocenters. The number of rotatable bonds is 6. The van der Waals surface area contributed by atoms with Gasteiger partial charge in [-0.15, -0.1) is 0 Å². The van der Waals surface area contributed by atoms with Gasteiger partial charge in [-0.1, -0.05) is 24.3 Å². The molecule has 0 saturated carbocycles. The van der Waals surface area contributed by atoms with Crippen LogP contribution in [0.2, 0.25) is 0 Å². The Labute approximate surface area is 145 Å². The zero-order valence-corrected chi connectivity index (χ0v) is 14.9. The van der Waals surface area contributed by atoms with Gasteiger partial charge >= 0.3 is 7.60 Å². The highest BCUT2D eigenvalue weighted by Gasteiger charge is 2.19. The van der Waals surface area contributed by atoms with E-state index in [-0.39, 0.29) is 16.1 Å². The van der Waals surface area contributed by atoms with Crippen molar-refractivity contribution in [2.24, 2.45) is 0 Å². The quantitative estimate of drug-likeness (QED) is 0.558. The first kappa shape index (κ1) is 19.1. The van der Waals surface area contributed by atoms with Crippen molar-refractivity contribution < 1.29 is 27.6 Å². The summed E-state index contributed by atoms with van der Waals surface area (Å²) in [6, 6.07) is 11.3. The van der Waals surface area contributed by atoms with Crippen LogP contribution in [0.15, 0.2) is 53.4 Å². The molecule has 0 bridgehead atoms. The summed E-state index contributed by atoms with van der Waals surface area (Å²) in [5, 5.41) is 2.43. The second-order valence-corrected chi connectivity index (χ2v) is 8.52. The Morgan fingerprint density at radius 3 is 2.24 bits per heavy atom. The van der Waals surface area contributed by atoms with Gasteiger partial charge in [-0.05, 0) is 29.8 Å². The number of amides is 1. The molecule has 0 spiro atoms. The van der Waals surface area contributed by atoms with Crippen LogP contribution in [0, 0.1) is 0 Å². The zero-order chi connectivity index (χ0) is 18.7. The number of anilines is 1. The van der Waals surface area contributed by atoms with E-state index in [1.807, 2.05) is 0 Å². The molecule has 0 aromatic heterocycles. The fourth-order valence-electron chi connectivity index (χ4n) is 2.12. The molecule has 0 aliphatic carbocycles. The first-order chi connectivity index (χ1) is 11.6. The summed E-state index contributed by atoms with van der Waals surface area (Å²) in [5.74, 6) is -0.435. The molecule has 10 heteroatoms. The Balaban J connectivity index is 2.28. The fourth-order valence-corrected chi connectivity index (χ4v) is 3.89. The van der Waals surface area contributed by atoms with Crippen molar-refractivity contribution in [3.63, 3.8) is 0 Å². The van der Waals surface area contributed by atoms with Crippen molar-refractivity contribution >= 4 is 29.2 Å². The van der Waals surface area contributed by atoms with E-state index in [9.17, 15) is 17.8 Å². The molecule has 0 saturated heterocycles. The minimum Gasteiger partial charge on any atom is -0.355 e. The highest BCUT2D eigenvalue weighted by molar-refractivity contribution is 7.92. The third-order valence-corrected chi connectivity index (χ3v) is 5.42. The summed E-state index contributed by atoms with van der Waals surface area (Å²) in [7, 11) is -6.75. The van der Waals surface area contributed by atoms with Gasteiger partial charge < -0.3 is 15.1 Å². The maximum absolute atomic E-state index is 12.5. The van der Waals surface area contributed by atoms with Gasteiger partial charge in [0.15, 0.2) is 0 Å². The minimum absolute atomic E-state index is 0.0892. The highest BCUT2D eigenvalue weighted by atomic mass is 32.2. The number of hydrogen-bond acceptors (Lipinski definition) is 4. The van der Waals surface area contributed by atoms with Gasteiger partial charge in [-0.25, -0.2) is 8.42 Å². The molecule has 4 N–H and O–H groups in total. The lowest BCUT2D eigenvalue weighted by Gasteiger charge is -2.12. The van der Waals surface area contributed by atoms with Crippen molar-refractivity contribution in [3.05, 3.63) is 59.7 Å². The Morgan fingerprint density at radius 1 is 1.08 bits per heavy atom. The Morgan fingerprint density at radius 2 is 1.68 bits per heavy atom. The topological polar surface area (TPSA) is 133 Å². The molecule has 2 rings (SSSR count). The molecular formula is C15H17N2O6PS. The lowest BCUT2D eigenvalue weighted by molar-refractivity contribution is 0.0964. The molecule has 2 aromatic carbocycles. The third kappa shape index (κ3) is 5.14. The van der Waals surface area contributed by atoms with Gasteiger partial charge in [0.1, 0.15) is 0 Å². The predicted molar refractivity (Wildman–Crippen MR) is 92.8 cm³/mol. The SMILES string of the molecule is CNC(=O)c1ccccc1NS(=O)(=O)c1ccc(CP(=O)(O)O)cc1. The molecule has 0 aliphatic heterocycles. The zero-order valence-electron chi connectivity index (χ0n) is 13.2. The van der Waals surface area contributed by atoms with Crippen LogP contribution in [-0.4, -0.2) is 31.2 Å². The molecule has 0 heterocycles. The number of hydrogen-bond donors (Lipinski definition) is 4. The third-order valence-electron chi connectivity index (χ3n) is 3.27. The van der Waals surface area contributed by atoms with Crippen LogP contribution in [0.1, 0.15) is 15.9 Å². The monoisotopic (exact) mass is 384 g/mol. The standard InChI is InChI=1S/C15H17N2O6PS/c1-16-15(18)13-4-2-3-5-14(13)17-25(22,23)12-8-6-11(7-9-12)10-24(19,20)21/h2-9,17H,10H2,1H3,(H,16,18)(H2,19,20,21). The van der Waals surface area contributed by atoms with E-state index in [0.717, 1.165) is 0 Å². The largest absolute Gasteiger partial charge is 0.355 e. The van der Waals surface area contributed by atoms with E-state index < -0.39 is 29.7 Å². The predicted octanol–water partition coefficient (Wildman–Crippen LogP) is 1.52. The molecule has 0 radical (unpaired) electrons. The Kier molecular flexibility index (Phi) is 5.64. The van der Waals surface area contributed by atoms with Gasteiger partial charge in [0, 0.05) is 7.05 Å². The highest BCUT2D eigenvalue weighted by Crippen LogP contribution is 2.39. The molecule has 0 fully saturated rings. The summed E-state index contributed by atoms with van der Waals surface area (Å²) in [6.45, 7) is 0. The van der Waals surface area contributed by atoms with Gasteiger partial charge in [0.05, 0.1) is 22.3 Å². The van der Waals surface area contributed by atoms with E-state index >= 15 is 0 Å². The lowest BCUT2D eigenvalue weighted by Crippen LogP contribution is -2.21. The van der Waals surface area contributed by atoms with Crippen molar-refractivity contribution in [1.29, 1.82) is 0 Å². The molecule has 0 unspecified atom stereocenters. The summed E-state index contributed by atoms with van der Waals surface area (Å²) in [6.07, 6.45) is -0.472. The number of nitrogens with one attached hydrogen (secondary N) is 2. The first-order valence-electron chi connectivity index (χ1n) is 7.10. The maximum Gasteiger partial charge on any atom is 0.329 e. The van der Waals surface area contributed by atoms with Gasteiger partial charge in [0.2, 0.25) is 0 Å². The van der Waals surface area contributed by atoms with Crippen LogP contribution in [0.4, 0.5) is 5.69 Å². The Hall–Kier alpha value is -2.19. The van der Waals surface area contributed by atoms with E-state index in [1.165, 1.54) is 43.4 Å². The second-order valence-electron chi connectivity index (χ2n) is 5.20. The molecular weight excluding hydrogens is 367 g/mol. The van der Waals surface area contributed by atoms with Crippen LogP contribution < -0.4 is 10.0 Å². The summed E-state index contributed by atoms with van der Waals surface area (Å²) >= 11 is 0. The second kappa shape index (κ2) is 7.37. The number of carbonyl (C=O) groups excluding carboxylic acids is 1. The summed E-state index contributed by atoms with van der Waals surface area (Å²) in [5.41, 5.74) is 0.617. The minimum atomic E-state index is -4.23. The van der Waals surface area contributed by atoms with Gasteiger partial charge in [-0.2, -0.15) is 0 Å². The summed E-state index contributed by atoms with van der Waals surface area (Å²) < 4.78 is 38.3. The molecule has 1 amide bonds. The molecule has 8 nitrogen and oxygen atoms in total. The molecule has 25 heavy (non-hydrogen) atoms. The van der Waals surface area contributed by atoms with E-state index in [0.29, 0.717) is 5.56 Å². The lowest BCUT2D eigenvalue weighted by atomic mass is 10.2. The average Bonchev–Trinajstić information content (AvgIpc) is 2.53. The number of sulfonamides is 1. The van der Waals surface area contributed by atoms with E-state index in [1.54, 1.807) is 12.1 Å². The van der Waals surface area contributed by atoms with E-state index in [2.05, 4.69) is 10.0 Å². The Bertz CT molecular complexity index is 921. The van der Waals surface area contributed by atoms with E-state index in [4.69, 9.17) is 9.79 Å². The maximum atomic E-state index is 12.5. The normalized spacial score (nSPS) is 11.8. The van der Waals surface area contributed by atoms with Crippen LogP contribution in [0.5, 0.6) is 0 Å². The fraction of sp³-hybridized carbons (Fsp3) is 0.133. The van der Waals surface area contributed by atoms with Crippen molar-refractivity contribution in [2.75, 3.05) is 11.8 Å². The van der Waals surface area contributed by atoms with Crippen molar-refractivity contribution in [3.8, 4) is 0 Å². The molecule has 134 valence electrons. The van der Waals surface area contributed by atoms with Crippen LogP contribution in [0.3, 0.4) is 0 Å². The first-order valence-corrected chi connectivity index (χ1v) is 10.4. The van der Waals surface area contributed by atoms with Crippen LogP contribution >= 0.6 is 7.60 Å². The van der Waals surface area contributed by atoms with Crippen molar-refractivity contribution in [1.82, 2.24) is 5.32 Å². The number of para-hydroxylation sites is 1. The number of benzene rings is 2. The van der Waals surface area contributed by atoms with Crippen molar-refractivity contribution in [2.45, 2.75) is 11.1 Å².